The van der Waals surface area contributed by atoms with Crippen LogP contribution in [0.2, 0.25) is 0 Å². The smallest absolute Gasteiger partial charge is 0.414 e. The van der Waals surface area contributed by atoms with Crippen LogP contribution in [-0.2, 0) is 6.54 Å². The summed E-state index contributed by atoms with van der Waals surface area (Å²) in [6.45, 7) is 4.00. The number of hydrogen-bond acceptors (Lipinski definition) is 7. The van der Waals surface area contributed by atoms with E-state index in [2.05, 4.69) is 20.5 Å². The fraction of sp³-hybridized carbons (Fsp3) is 0.333. The summed E-state index contributed by atoms with van der Waals surface area (Å²) in [6, 6.07) is 5.31. The van der Waals surface area contributed by atoms with E-state index in [0.717, 1.165) is 10.5 Å². The van der Waals surface area contributed by atoms with Gasteiger partial charge in [0.25, 0.3) is 0 Å². The van der Waals surface area contributed by atoms with E-state index in [4.69, 9.17) is 9.47 Å². The molecule has 3 aromatic rings. The van der Waals surface area contributed by atoms with E-state index in [1.165, 1.54) is 0 Å². The Morgan fingerprint density at radius 3 is 2.64 bits per heavy atom. The van der Waals surface area contributed by atoms with Crippen molar-refractivity contribution >= 4 is 23.5 Å². The summed E-state index contributed by atoms with van der Waals surface area (Å²) in [5, 5.41) is 20.8. The van der Waals surface area contributed by atoms with Crippen molar-refractivity contribution < 1.29 is 19.4 Å². The topological polar surface area (TPSA) is 114 Å². The highest BCUT2D eigenvalue weighted by molar-refractivity contribution is 5.85. The summed E-state index contributed by atoms with van der Waals surface area (Å²) < 4.78 is 12.2. The Labute approximate surface area is 161 Å². The molecule has 1 amide bonds. The number of methoxy groups -OCH3 is 2. The molecular formula is C18H22N6O4. The van der Waals surface area contributed by atoms with Crippen molar-refractivity contribution in [2.45, 2.75) is 26.4 Å². The minimum Gasteiger partial charge on any atom is -0.493 e. The molecule has 2 heterocycles. The van der Waals surface area contributed by atoms with Crippen molar-refractivity contribution in [2.24, 2.45) is 0 Å². The zero-order valence-electron chi connectivity index (χ0n) is 16.1. The monoisotopic (exact) mass is 386 g/mol. The number of aromatic nitrogens is 4. The molecule has 0 spiro atoms. The van der Waals surface area contributed by atoms with E-state index in [0.29, 0.717) is 29.5 Å². The van der Waals surface area contributed by atoms with Gasteiger partial charge in [-0.3, -0.25) is 4.40 Å². The number of nitrogens with zero attached hydrogens (tertiary/aromatic N) is 5. The van der Waals surface area contributed by atoms with Crippen molar-refractivity contribution in [3.63, 3.8) is 0 Å². The number of fused-ring (bicyclic) bond motifs is 1. The summed E-state index contributed by atoms with van der Waals surface area (Å²) in [7, 11) is 3.17. The summed E-state index contributed by atoms with van der Waals surface area (Å²) >= 11 is 0. The first-order valence-corrected chi connectivity index (χ1v) is 8.63. The van der Waals surface area contributed by atoms with Crippen LogP contribution in [0.4, 0.5) is 16.6 Å². The highest BCUT2D eigenvalue weighted by Gasteiger charge is 2.24. The van der Waals surface area contributed by atoms with Crippen LogP contribution in [0, 0.1) is 0 Å². The van der Waals surface area contributed by atoms with Gasteiger partial charge in [0.15, 0.2) is 17.3 Å². The standard InChI is InChI=1S/C18H22N6O4/c1-11(2)24(18(25)26)17-22-21-16-15(19-7-8-23(16)17)20-10-12-5-6-13(27-3)14(9-12)28-4/h5-9,11H,10H2,1-4H3,(H,19,20)(H,25,26). The molecule has 3 rings (SSSR count). The first kappa shape index (κ1) is 19.2. The second-order valence-electron chi connectivity index (χ2n) is 6.26. The first-order valence-electron chi connectivity index (χ1n) is 8.63. The number of carbonyl (C=O) groups is 1. The molecule has 148 valence electrons. The number of anilines is 2. The number of benzene rings is 1. The van der Waals surface area contributed by atoms with Crippen LogP contribution in [0.15, 0.2) is 30.6 Å². The van der Waals surface area contributed by atoms with Crippen molar-refractivity contribution in [1.29, 1.82) is 0 Å². The molecule has 0 bridgehead atoms. The van der Waals surface area contributed by atoms with Gasteiger partial charge in [-0.2, -0.15) is 0 Å². The van der Waals surface area contributed by atoms with Crippen LogP contribution < -0.4 is 19.7 Å². The Balaban J connectivity index is 1.88. The maximum Gasteiger partial charge on any atom is 0.414 e. The lowest BCUT2D eigenvalue weighted by Gasteiger charge is -2.20. The third-order valence-electron chi connectivity index (χ3n) is 4.15. The van der Waals surface area contributed by atoms with Gasteiger partial charge in [-0.25, -0.2) is 14.7 Å². The Kier molecular flexibility index (Phi) is 5.48. The molecule has 0 aliphatic heterocycles. The van der Waals surface area contributed by atoms with Crippen LogP contribution >= 0.6 is 0 Å². The predicted octanol–water partition coefficient (Wildman–Crippen LogP) is 2.65. The van der Waals surface area contributed by atoms with E-state index in [1.807, 2.05) is 18.2 Å². The fourth-order valence-electron chi connectivity index (χ4n) is 2.82. The third-order valence-corrected chi connectivity index (χ3v) is 4.15. The Morgan fingerprint density at radius 1 is 1.25 bits per heavy atom. The lowest BCUT2D eigenvalue weighted by molar-refractivity contribution is 0.199. The van der Waals surface area contributed by atoms with E-state index in [9.17, 15) is 9.90 Å². The molecule has 2 N–H and O–H groups in total. The lowest BCUT2D eigenvalue weighted by atomic mass is 10.2. The molecular weight excluding hydrogens is 364 g/mol. The van der Waals surface area contributed by atoms with Gasteiger partial charge in [-0.1, -0.05) is 6.07 Å². The van der Waals surface area contributed by atoms with Gasteiger partial charge < -0.3 is 19.9 Å². The summed E-state index contributed by atoms with van der Waals surface area (Å²) in [4.78, 5) is 17.0. The van der Waals surface area contributed by atoms with Gasteiger partial charge in [0.2, 0.25) is 11.6 Å². The Morgan fingerprint density at radius 2 is 2.00 bits per heavy atom. The Hall–Kier alpha value is -3.56. The van der Waals surface area contributed by atoms with Crippen LogP contribution in [0.25, 0.3) is 5.65 Å². The van der Waals surface area contributed by atoms with E-state index < -0.39 is 6.09 Å². The number of ether oxygens (including phenoxy) is 2. The maximum absolute atomic E-state index is 11.6. The van der Waals surface area contributed by atoms with Crippen molar-refractivity contribution in [3.8, 4) is 11.5 Å². The van der Waals surface area contributed by atoms with Gasteiger partial charge in [-0.05, 0) is 31.5 Å². The molecule has 10 nitrogen and oxygen atoms in total. The van der Waals surface area contributed by atoms with E-state index in [-0.39, 0.29) is 12.0 Å². The highest BCUT2D eigenvalue weighted by atomic mass is 16.5. The summed E-state index contributed by atoms with van der Waals surface area (Å²) in [5.74, 6) is 1.99. The van der Waals surface area contributed by atoms with Crippen LogP contribution in [0.5, 0.6) is 11.5 Å². The zero-order valence-corrected chi connectivity index (χ0v) is 16.1. The van der Waals surface area contributed by atoms with Crippen molar-refractivity contribution in [1.82, 2.24) is 19.6 Å². The molecule has 1 aromatic carbocycles. The zero-order chi connectivity index (χ0) is 20.3. The SMILES string of the molecule is COc1ccc(CNc2nccn3c(N(C(=O)O)C(C)C)nnc23)cc1OC. The largest absolute Gasteiger partial charge is 0.493 e. The second-order valence-corrected chi connectivity index (χ2v) is 6.26. The number of amides is 1. The lowest BCUT2D eigenvalue weighted by Crippen LogP contribution is -2.37. The molecule has 0 saturated carbocycles. The minimum atomic E-state index is -1.10. The van der Waals surface area contributed by atoms with Gasteiger partial charge in [0.1, 0.15) is 0 Å². The number of carboxylic acid groups (broad SMARTS) is 1. The van der Waals surface area contributed by atoms with E-state index >= 15 is 0 Å². The number of nitrogens with one attached hydrogen (secondary N) is 1. The van der Waals surface area contributed by atoms with Gasteiger partial charge in [-0.15, -0.1) is 10.2 Å². The van der Waals surface area contributed by atoms with Gasteiger partial charge in [0.05, 0.1) is 14.2 Å². The molecule has 0 atom stereocenters. The Bertz CT molecular complexity index is 987. The van der Waals surface area contributed by atoms with Crippen LogP contribution in [0.3, 0.4) is 0 Å². The summed E-state index contributed by atoms with van der Waals surface area (Å²) in [6.07, 6.45) is 2.10. The average molecular weight is 386 g/mol. The minimum absolute atomic E-state index is 0.217. The maximum atomic E-state index is 11.6. The molecule has 28 heavy (non-hydrogen) atoms. The highest BCUT2D eigenvalue weighted by Crippen LogP contribution is 2.28. The second kappa shape index (κ2) is 7.99. The normalized spacial score (nSPS) is 10.9. The quantitative estimate of drug-likeness (QED) is 0.637. The van der Waals surface area contributed by atoms with Gasteiger partial charge >= 0.3 is 6.09 Å². The molecule has 0 fully saturated rings. The van der Waals surface area contributed by atoms with E-state index in [1.54, 1.807) is 44.9 Å². The van der Waals surface area contributed by atoms with Crippen molar-refractivity contribution in [2.75, 3.05) is 24.4 Å². The number of rotatable bonds is 7. The van der Waals surface area contributed by atoms with Crippen LogP contribution in [0.1, 0.15) is 19.4 Å². The molecule has 0 unspecified atom stereocenters. The van der Waals surface area contributed by atoms with Crippen LogP contribution in [-0.4, -0.2) is 51.0 Å². The fourth-order valence-corrected chi connectivity index (χ4v) is 2.82. The average Bonchev–Trinajstić information content (AvgIpc) is 3.09. The van der Waals surface area contributed by atoms with Gasteiger partial charge in [0, 0.05) is 25.0 Å². The summed E-state index contributed by atoms with van der Waals surface area (Å²) in [5.41, 5.74) is 1.39. The third kappa shape index (κ3) is 3.61. The molecule has 0 aliphatic carbocycles. The number of hydrogen-bond donors (Lipinski definition) is 2. The molecule has 10 heteroatoms. The molecule has 0 saturated heterocycles. The predicted molar refractivity (Wildman–Crippen MR) is 103 cm³/mol. The molecule has 2 aromatic heterocycles. The van der Waals surface area contributed by atoms with Crippen molar-refractivity contribution in [3.05, 3.63) is 36.2 Å². The molecule has 0 aliphatic rings. The molecule has 0 radical (unpaired) electrons. The first-order chi connectivity index (χ1) is 13.5.